The van der Waals surface area contributed by atoms with Crippen molar-refractivity contribution in [2.75, 3.05) is 0 Å². The largest absolute Gasteiger partial charge is 0.326 e. The summed E-state index contributed by atoms with van der Waals surface area (Å²) in [7, 11) is 0. The summed E-state index contributed by atoms with van der Waals surface area (Å²) in [5, 5.41) is 8.10. The molecule has 0 radical (unpaired) electrons. The predicted octanol–water partition coefficient (Wildman–Crippen LogP) is -0.276. The highest BCUT2D eigenvalue weighted by Gasteiger charge is 2.21. The summed E-state index contributed by atoms with van der Waals surface area (Å²) in [6.07, 6.45) is 1.83. The monoisotopic (exact) mass is 152 g/mol. The van der Waals surface area contributed by atoms with Crippen molar-refractivity contribution in [2.24, 2.45) is 5.73 Å². The highest BCUT2D eigenvalue weighted by atomic mass is 15.3. The molecule has 2 rings (SSSR count). The lowest BCUT2D eigenvalue weighted by molar-refractivity contribution is 0.613. The van der Waals surface area contributed by atoms with E-state index in [1.54, 1.807) is 0 Å². The molecule has 0 bridgehead atoms. The summed E-state index contributed by atoms with van der Waals surface area (Å²) in [5.41, 5.74) is 5.76. The minimum absolute atomic E-state index is 0.255. The van der Waals surface area contributed by atoms with Gasteiger partial charge in [0.05, 0.1) is 0 Å². The third-order valence-electron chi connectivity index (χ3n) is 2.08. The molecule has 0 fully saturated rings. The highest BCUT2D eigenvalue weighted by Crippen LogP contribution is 2.13. The Labute approximate surface area is 65.4 Å². The first-order valence-electron chi connectivity index (χ1n) is 3.97. The number of rotatable bonds is 1. The predicted molar refractivity (Wildman–Crippen MR) is 41.1 cm³/mol. The quantitative estimate of drug-likeness (QED) is 0.602. The standard InChI is InChI=1S/C7H12N4/c1-2-6-9-10-7-3-5(8)4-11(6)7/h5H,2-4,8H2,1H3. The molecule has 60 valence electrons. The molecule has 0 saturated carbocycles. The zero-order valence-electron chi connectivity index (χ0n) is 6.62. The molecule has 11 heavy (non-hydrogen) atoms. The second-order valence-electron chi connectivity index (χ2n) is 2.96. The number of fused-ring (bicyclic) bond motifs is 1. The Hall–Kier alpha value is -0.900. The maximum absolute atomic E-state index is 5.76. The fourth-order valence-corrected chi connectivity index (χ4v) is 1.53. The Morgan fingerprint density at radius 1 is 1.64 bits per heavy atom. The van der Waals surface area contributed by atoms with E-state index >= 15 is 0 Å². The van der Waals surface area contributed by atoms with Gasteiger partial charge in [0.15, 0.2) is 0 Å². The van der Waals surface area contributed by atoms with Crippen molar-refractivity contribution >= 4 is 0 Å². The lowest BCUT2D eigenvalue weighted by Crippen LogP contribution is -2.21. The molecule has 2 N–H and O–H groups in total. The first-order valence-corrected chi connectivity index (χ1v) is 3.97. The van der Waals surface area contributed by atoms with Crippen LogP contribution in [0.1, 0.15) is 18.6 Å². The normalized spacial score (nSPS) is 22.2. The van der Waals surface area contributed by atoms with Gasteiger partial charge in [-0.25, -0.2) is 0 Å². The van der Waals surface area contributed by atoms with Crippen molar-refractivity contribution in [1.82, 2.24) is 14.8 Å². The number of aromatic nitrogens is 3. The number of hydrogen-bond acceptors (Lipinski definition) is 3. The zero-order valence-corrected chi connectivity index (χ0v) is 6.62. The Morgan fingerprint density at radius 3 is 3.18 bits per heavy atom. The van der Waals surface area contributed by atoms with Crippen molar-refractivity contribution < 1.29 is 0 Å². The molecule has 0 spiro atoms. The first-order chi connectivity index (χ1) is 5.31. The minimum atomic E-state index is 0.255. The van der Waals surface area contributed by atoms with Gasteiger partial charge in [-0.1, -0.05) is 6.92 Å². The van der Waals surface area contributed by atoms with E-state index in [-0.39, 0.29) is 6.04 Å². The summed E-state index contributed by atoms with van der Waals surface area (Å²) in [6.45, 7) is 2.98. The van der Waals surface area contributed by atoms with Gasteiger partial charge in [0.2, 0.25) is 0 Å². The molecule has 1 aliphatic heterocycles. The van der Waals surface area contributed by atoms with Crippen LogP contribution in [-0.4, -0.2) is 20.8 Å². The van der Waals surface area contributed by atoms with Gasteiger partial charge in [-0.05, 0) is 0 Å². The number of hydrogen-bond donors (Lipinski definition) is 1. The van der Waals surface area contributed by atoms with Gasteiger partial charge >= 0.3 is 0 Å². The molecule has 0 amide bonds. The van der Waals surface area contributed by atoms with Gasteiger partial charge in [0.1, 0.15) is 11.6 Å². The number of nitrogens with two attached hydrogens (primary N) is 1. The molecule has 1 aromatic rings. The van der Waals surface area contributed by atoms with Crippen LogP contribution in [0.25, 0.3) is 0 Å². The third-order valence-corrected chi connectivity index (χ3v) is 2.08. The van der Waals surface area contributed by atoms with Gasteiger partial charge in [-0.3, -0.25) is 0 Å². The van der Waals surface area contributed by atoms with Gasteiger partial charge in [-0.2, -0.15) is 0 Å². The summed E-state index contributed by atoms with van der Waals surface area (Å²) in [5.74, 6) is 2.11. The molecular weight excluding hydrogens is 140 g/mol. The molecule has 4 nitrogen and oxygen atoms in total. The van der Waals surface area contributed by atoms with E-state index in [1.165, 1.54) is 0 Å². The smallest absolute Gasteiger partial charge is 0.134 e. The zero-order chi connectivity index (χ0) is 7.84. The fourth-order valence-electron chi connectivity index (χ4n) is 1.53. The van der Waals surface area contributed by atoms with Gasteiger partial charge in [0, 0.05) is 25.4 Å². The van der Waals surface area contributed by atoms with Crippen molar-refractivity contribution in [3.05, 3.63) is 11.6 Å². The average molecular weight is 152 g/mol. The second-order valence-corrected chi connectivity index (χ2v) is 2.96. The average Bonchev–Trinajstić information content (AvgIpc) is 2.45. The summed E-state index contributed by atoms with van der Waals surface area (Å²) in [6, 6.07) is 0.255. The Kier molecular flexibility index (Phi) is 1.42. The van der Waals surface area contributed by atoms with Crippen molar-refractivity contribution in [2.45, 2.75) is 32.4 Å². The van der Waals surface area contributed by atoms with Crippen LogP contribution in [0.4, 0.5) is 0 Å². The van der Waals surface area contributed by atoms with Crippen LogP contribution in [0.3, 0.4) is 0 Å². The van der Waals surface area contributed by atoms with Crippen LogP contribution in [0.15, 0.2) is 0 Å². The van der Waals surface area contributed by atoms with Gasteiger partial charge < -0.3 is 10.3 Å². The van der Waals surface area contributed by atoms with Crippen LogP contribution in [-0.2, 0) is 19.4 Å². The molecule has 1 aliphatic rings. The maximum atomic E-state index is 5.76. The summed E-state index contributed by atoms with van der Waals surface area (Å²) < 4.78 is 2.13. The number of nitrogens with zero attached hydrogens (tertiary/aromatic N) is 3. The molecular formula is C7H12N4. The van der Waals surface area contributed by atoms with Crippen LogP contribution in [0.5, 0.6) is 0 Å². The Bertz CT molecular complexity index is 265. The number of aryl methyl sites for hydroxylation is 1. The SMILES string of the molecule is CCc1nnc2n1CC(N)C2. The Balaban J connectivity index is 2.37. The third kappa shape index (κ3) is 0.939. The van der Waals surface area contributed by atoms with Crippen LogP contribution in [0.2, 0.25) is 0 Å². The Morgan fingerprint density at radius 2 is 2.45 bits per heavy atom. The van der Waals surface area contributed by atoms with Gasteiger partial charge in [0.25, 0.3) is 0 Å². The molecule has 0 aliphatic carbocycles. The fraction of sp³-hybridized carbons (Fsp3) is 0.714. The lowest BCUT2D eigenvalue weighted by Gasteiger charge is -2.00. The highest BCUT2D eigenvalue weighted by molar-refractivity contribution is 5.03. The molecule has 0 aromatic carbocycles. The van der Waals surface area contributed by atoms with E-state index < -0.39 is 0 Å². The van der Waals surface area contributed by atoms with E-state index in [2.05, 4.69) is 21.7 Å². The minimum Gasteiger partial charge on any atom is -0.326 e. The van der Waals surface area contributed by atoms with E-state index in [4.69, 9.17) is 5.73 Å². The van der Waals surface area contributed by atoms with E-state index in [1.807, 2.05) is 0 Å². The molecule has 0 saturated heterocycles. The second kappa shape index (κ2) is 2.30. The molecule has 4 heteroatoms. The molecule has 2 heterocycles. The molecule has 1 atom stereocenters. The van der Waals surface area contributed by atoms with E-state index in [9.17, 15) is 0 Å². The summed E-state index contributed by atoms with van der Waals surface area (Å²) >= 11 is 0. The summed E-state index contributed by atoms with van der Waals surface area (Å²) in [4.78, 5) is 0. The van der Waals surface area contributed by atoms with E-state index in [0.717, 1.165) is 31.0 Å². The van der Waals surface area contributed by atoms with Crippen LogP contribution >= 0.6 is 0 Å². The van der Waals surface area contributed by atoms with Gasteiger partial charge in [-0.15, -0.1) is 10.2 Å². The molecule has 1 aromatic heterocycles. The first kappa shape index (κ1) is 6.79. The van der Waals surface area contributed by atoms with Crippen molar-refractivity contribution in [3.63, 3.8) is 0 Å². The topological polar surface area (TPSA) is 56.7 Å². The maximum Gasteiger partial charge on any atom is 0.134 e. The van der Waals surface area contributed by atoms with Crippen molar-refractivity contribution in [3.8, 4) is 0 Å². The molecule has 1 unspecified atom stereocenters. The van der Waals surface area contributed by atoms with Crippen LogP contribution in [0, 0.1) is 0 Å². The van der Waals surface area contributed by atoms with Crippen molar-refractivity contribution in [1.29, 1.82) is 0 Å². The van der Waals surface area contributed by atoms with Crippen LogP contribution < -0.4 is 5.73 Å². The lowest BCUT2D eigenvalue weighted by atomic mass is 10.3. The van der Waals surface area contributed by atoms with E-state index in [0.29, 0.717) is 0 Å².